The summed E-state index contributed by atoms with van der Waals surface area (Å²) < 4.78 is 4.99. The van der Waals surface area contributed by atoms with Gasteiger partial charge in [-0.3, -0.25) is 9.59 Å². The molecule has 240 valence electrons. The normalized spacial score (nSPS) is 11.2. The predicted octanol–water partition coefficient (Wildman–Crippen LogP) is 12.9. The van der Waals surface area contributed by atoms with E-state index in [2.05, 4.69) is 51.3 Å². The minimum absolute atomic E-state index is 0.342. The maximum Gasteiger partial charge on any atom is 0.313 e. The molecule has 0 bridgehead atoms. The number of ether oxygens (including phenoxy) is 1. The fourth-order valence-electron chi connectivity index (χ4n) is 4.91. The molecule has 0 amide bonds. The van der Waals surface area contributed by atoms with E-state index in [1.807, 2.05) is 0 Å². The second-order valence-electron chi connectivity index (χ2n) is 11.5. The first-order valence-electron chi connectivity index (χ1n) is 17.7. The van der Waals surface area contributed by atoms with Crippen molar-refractivity contribution in [2.45, 2.75) is 194 Å². The standard InChI is InChI=1S/C36H66O3.C2H4/c1-3-5-7-9-11-13-15-17-19-21-23-25-27-29-31-33-35(37)39-36(38)34-32-30-28-26-24-22-20-18-16-14-12-10-8-6-4-2;1-2/h17-20H,3-16,21-34H2,1-2H3;1-2H2/b19-17-,20-18-;. The first kappa shape index (κ1) is 41.5. The molecule has 0 heterocycles. The zero-order chi connectivity index (χ0) is 30.5. The van der Waals surface area contributed by atoms with Crippen LogP contribution >= 0.6 is 0 Å². The summed E-state index contributed by atoms with van der Waals surface area (Å²) in [7, 11) is 0. The summed E-state index contributed by atoms with van der Waals surface area (Å²) in [5, 5.41) is 0. The van der Waals surface area contributed by atoms with Crippen LogP contribution in [0.5, 0.6) is 0 Å². The van der Waals surface area contributed by atoms with Crippen LogP contribution in [0.1, 0.15) is 194 Å². The van der Waals surface area contributed by atoms with Crippen molar-refractivity contribution in [1.29, 1.82) is 0 Å². The Morgan fingerprint density at radius 1 is 0.415 bits per heavy atom. The lowest BCUT2D eigenvalue weighted by Gasteiger charge is -2.04. The summed E-state index contributed by atoms with van der Waals surface area (Å²) in [5.41, 5.74) is 0. The van der Waals surface area contributed by atoms with E-state index in [4.69, 9.17) is 4.74 Å². The summed E-state index contributed by atoms with van der Waals surface area (Å²) >= 11 is 0. The largest absolute Gasteiger partial charge is 0.393 e. The van der Waals surface area contributed by atoms with E-state index in [-0.39, 0.29) is 11.9 Å². The highest BCUT2D eigenvalue weighted by Gasteiger charge is 2.09. The van der Waals surface area contributed by atoms with Crippen molar-refractivity contribution >= 4 is 11.9 Å². The Morgan fingerprint density at radius 3 is 0.951 bits per heavy atom. The van der Waals surface area contributed by atoms with Gasteiger partial charge < -0.3 is 4.74 Å². The van der Waals surface area contributed by atoms with Crippen LogP contribution in [-0.2, 0) is 14.3 Å². The molecule has 0 fully saturated rings. The maximum absolute atomic E-state index is 11.9. The molecule has 0 rings (SSSR count). The first-order valence-corrected chi connectivity index (χ1v) is 17.7. The predicted molar refractivity (Wildman–Crippen MR) is 181 cm³/mol. The van der Waals surface area contributed by atoms with Crippen LogP contribution in [0.25, 0.3) is 0 Å². The number of carbonyl (C=O) groups excluding carboxylic acids is 2. The van der Waals surface area contributed by atoms with E-state index in [0.29, 0.717) is 12.8 Å². The highest BCUT2D eigenvalue weighted by molar-refractivity contribution is 5.85. The van der Waals surface area contributed by atoms with E-state index in [1.54, 1.807) is 0 Å². The van der Waals surface area contributed by atoms with Gasteiger partial charge in [0.25, 0.3) is 0 Å². The number of unbranched alkanes of at least 4 members (excludes halogenated alkanes) is 22. The van der Waals surface area contributed by atoms with Gasteiger partial charge in [-0.2, -0.15) is 0 Å². The number of hydrogen-bond acceptors (Lipinski definition) is 3. The lowest BCUT2D eigenvalue weighted by Crippen LogP contribution is -2.11. The summed E-state index contributed by atoms with van der Waals surface area (Å²) in [6, 6.07) is 0. The van der Waals surface area contributed by atoms with Gasteiger partial charge in [0.05, 0.1) is 0 Å². The third kappa shape index (κ3) is 38.4. The molecule has 0 saturated carbocycles. The van der Waals surface area contributed by atoms with Gasteiger partial charge in [0, 0.05) is 12.8 Å². The highest BCUT2D eigenvalue weighted by Crippen LogP contribution is 2.12. The first-order chi connectivity index (χ1) is 20.2. The Hall–Kier alpha value is -1.64. The number of allylic oxidation sites excluding steroid dienone is 4. The number of esters is 2. The number of rotatable bonds is 30. The molecule has 0 unspecified atom stereocenters. The van der Waals surface area contributed by atoms with Crippen LogP contribution in [0.15, 0.2) is 37.5 Å². The lowest BCUT2D eigenvalue weighted by atomic mass is 10.1. The molecule has 0 aliphatic heterocycles. The van der Waals surface area contributed by atoms with Gasteiger partial charge in [-0.25, -0.2) is 0 Å². The van der Waals surface area contributed by atoms with Crippen molar-refractivity contribution < 1.29 is 14.3 Å². The Labute approximate surface area is 257 Å². The van der Waals surface area contributed by atoms with Crippen molar-refractivity contribution in [3.63, 3.8) is 0 Å². The summed E-state index contributed by atoms with van der Waals surface area (Å²) in [6.07, 6.45) is 42.2. The SMILES string of the molecule is C=C.CCCCCCCC/C=C\CCCCCCCC(=O)OC(=O)CCCCCCC/C=C\CCCCCCCC. The molecule has 0 saturated heterocycles. The molecule has 0 aliphatic rings. The van der Waals surface area contributed by atoms with Crippen molar-refractivity contribution in [1.82, 2.24) is 0 Å². The fraction of sp³-hybridized carbons (Fsp3) is 0.789. The molecule has 0 aliphatic carbocycles. The van der Waals surface area contributed by atoms with E-state index >= 15 is 0 Å². The van der Waals surface area contributed by atoms with Crippen LogP contribution in [0.2, 0.25) is 0 Å². The van der Waals surface area contributed by atoms with Crippen molar-refractivity contribution in [2.24, 2.45) is 0 Å². The lowest BCUT2D eigenvalue weighted by molar-refractivity contribution is -0.159. The maximum atomic E-state index is 11.9. The monoisotopic (exact) mass is 575 g/mol. The Bertz CT molecular complexity index is 542. The third-order valence-electron chi connectivity index (χ3n) is 7.51. The molecular weight excluding hydrogens is 504 g/mol. The Balaban J connectivity index is 0. The molecular formula is C38H70O3. The topological polar surface area (TPSA) is 43.4 Å². The second-order valence-corrected chi connectivity index (χ2v) is 11.5. The third-order valence-corrected chi connectivity index (χ3v) is 7.51. The van der Waals surface area contributed by atoms with E-state index in [9.17, 15) is 9.59 Å². The fourth-order valence-corrected chi connectivity index (χ4v) is 4.91. The van der Waals surface area contributed by atoms with Crippen LogP contribution in [-0.4, -0.2) is 11.9 Å². The molecule has 0 atom stereocenters. The molecule has 3 nitrogen and oxygen atoms in total. The van der Waals surface area contributed by atoms with Gasteiger partial charge in [-0.15, -0.1) is 13.2 Å². The molecule has 41 heavy (non-hydrogen) atoms. The van der Waals surface area contributed by atoms with Crippen LogP contribution in [0, 0.1) is 0 Å². The molecule has 0 aromatic rings. The van der Waals surface area contributed by atoms with Crippen molar-refractivity contribution in [3.05, 3.63) is 37.5 Å². The van der Waals surface area contributed by atoms with E-state index < -0.39 is 0 Å². The van der Waals surface area contributed by atoms with E-state index in [1.165, 1.54) is 128 Å². The van der Waals surface area contributed by atoms with Gasteiger partial charge >= 0.3 is 11.9 Å². The summed E-state index contributed by atoms with van der Waals surface area (Å²) in [5.74, 6) is -0.684. The number of carbonyl (C=O) groups is 2. The zero-order valence-corrected chi connectivity index (χ0v) is 27.7. The minimum atomic E-state index is -0.342. The summed E-state index contributed by atoms with van der Waals surface area (Å²) in [6.45, 7) is 10.5. The van der Waals surface area contributed by atoms with Crippen LogP contribution < -0.4 is 0 Å². The van der Waals surface area contributed by atoms with Gasteiger partial charge in [0.15, 0.2) is 0 Å². The number of hydrogen-bond donors (Lipinski definition) is 0. The Morgan fingerprint density at radius 2 is 0.659 bits per heavy atom. The van der Waals surface area contributed by atoms with Gasteiger partial charge in [-0.05, 0) is 64.2 Å². The molecule has 3 heteroatoms. The minimum Gasteiger partial charge on any atom is -0.393 e. The molecule has 0 radical (unpaired) electrons. The quantitative estimate of drug-likeness (QED) is 0.0371. The smallest absolute Gasteiger partial charge is 0.313 e. The zero-order valence-electron chi connectivity index (χ0n) is 27.7. The molecule has 0 spiro atoms. The molecule has 0 aromatic heterocycles. The Kier molecular flexibility index (Phi) is 38.8. The van der Waals surface area contributed by atoms with Gasteiger partial charge in [0.2, 0.25) is 0 Å². The highest BCUT2D eigenvalue weighted by atomic mass is 16.6. The van der Waals surface area contributed by atoms with Gasteiger partial charge in [0.1, 0.15) is 0 Å². The average Bonchev–Trinajstić information content (AvgIpc) is 2.98. The second kappa shape index (κ2) is 38.4. The molecule has 0 N–H and O–H groups in total. The van der Waals surface area contributed by atoms with Crippen LogP contribution in [0.4, 0.5) is 0 Å². The van der Waals surface area contributed by atoms with Crippen LogP contribution in [0.3, 0.4) is 0 Å². The van der Waals surface area contributed by atoms with E-state index in [0.717, 1.165) is 38.5 Å². The summed E-state index contributed by atoms with van der Waals surface area (Å²) in [4.78, 5) is 23.8. The van der Waals surface area contributed by atoms with Gasteiger partial charge in [-0.1, -0.05) is 141 Å². The molecule has 0 aromatic carbocycles. The average molecular weight is 575 g/mol. The van der Waals surface area contributed by atoms with Crippen molar-refractivity contribution in [3.8, 4) is 0 Å². The van der Waals surface area contributed by atoms with Crippen molar-refractivity contribution in [2.75, 3.05) is 0 Å².